The molecule has 0 radical (unpaired) electrons. The number of likely N-dealkylation sites (tertiary alicyclic amines) is 1. The van der Waals surface area contributed by atoms with Crippen LogP contribution in [0.3, 0.4) is 0 Å². The summed E-state index contributed by atoms with van der Waals surface area (Å²) in [6, 6.07) is 7.94. The van der Waals surface area contributed by atoms with Gasteiger partial charge in [-0.05, 0) is 25.5 Å². The number of piperidine rings is 1. The maximum atomic E-state index is 11.9. The van der Waals surface area contributed by atoms with Gasteiger partial charge in [0.1, 0.15) is 5.75 Å². The summed E-state index contributed by atoms with van der Waals surface area (Å²) in [6.07, 6.45) is 7.41. The van der Waals surface area contributed by atoms with E-state index in [1.54, 1.807) is 14.2 Å². The highest BCUT2D eigenvalue weighted by Crippen LogP contribution is 2.20. The highest BCUT2D eigenvalue weighted by atomic mass is 16.5. The van der Waals surface area contributed by atoms with Crippen LogP contribution in [0, 0.1) is 0 Å². The number of hydrogen-bond donors (Lipinski definition) is 1. The van der Waals surface area contributed by atoms with E-state index in [4.69, 9.17) is 4.74 Å². The topological polar surface area (TPSA) is 41.6 Å². The van der Waals surface area contributed by atoms with Crippen LogP contribution >= 0.6 is 0 Å². The first-order valence-electron chi connectivity index (χ1n) is 7.51. The molecule has 1 aliphatic heterocycles. The number of rotatable bonds is 5. The Morgan fingerprint density at radius 1 is 1.43 bits per heavy atom. The molecular formula is C17H24N2O2. The highest BCUT2D eigenvalue weighted by Gasteiger charge is 2.26. The van der Waals surface area contributed by atoms with E-state index in [1.165, 1.54) is 0 Å². The number of benzene rings is 1. The molecule has 1 heterocycles. The molecule has 1 amide bonds. The summed E-state index contributed by atoms with van der Waals surface area (Å²) in [7, 11) is 3.39. The summed E-state index contributed by atoms with van der Waals surface area (Å²) in [5.41, 5.74) is 1.06. The Balaban J connectivity index is 2.00. The standard InChI is InChI=1S/C17H24N2O2/c1-18-17(20)15-10-5-6-12-19(15)13-7-9-14-8-3-4-11-16(14)21-2/h3-4,7-9,11,15H,5-6,10,12-13H2,1-2H3,(H,18,20)/b9-7+. The third-order valence-corrected chi connectivity index (χ3v) is 3.94. The van der Waals surface area contributed by atoms with Crippen LogP contribution in [0.4, 0.5) is 0 Å². The first-order valence-corrected chi connectivity index (χ1v) is 7.51. The monoisotopic (exact) mass is 288 g/mol. The summed E-state index contributed by atoms with van der Waals surface area (Å²) in [5.74, 6) is 0.996. The van der Waals surface area contributed by atoms with Gasteiger partial charge in [-0.1, -0.05) is 36.8 Å². The van der Waals surface area contributed by atoms with E-state index in [-0.39, 0.29) is 11.9 Å². The quantitative estimate of drug-likeness (QED) is 0.904. The van der Waals surface area contributed by atoms with Gasteiger partial charge in [-0.3, -0.25) is 9.69 Å². The Morgan fingerprint density at radius 2 is 2.24 bits per heavy atom. The fraction of sp³-hybridized carbons (Fsp3) is 0.471. The van der Waals surface area contributed by atoms with Crippen molar-refractivity contribution in [3.63, 3.8) is 0 Å². The van der Waals surface area contributed by atoms with Crippen LogP contribution in [-0.2, 0) is 4.79 Å². The van der Waals surface area contributed by atoms with Gasteiger partial charge >= 0.3 is 0 Å². The average molecular weight is 288 g/mol. The van der Waals surface area contributed by atoms with Crippen LogP contribution in [0.5, 0.6) is 5.75 Å². The number of carbonyl (C=O) groups is 1. The van der Waals surface area contributed by atoms with Crippen molar-refractivity contribution in [2.24, 2.45) is 0 Å². The highest BCUT2D eigenvalue weighted by molar-refractivity contribution is 5.81. The molecule has 1 aromatic carbocycles. The number of methoxy groups -OCH3 is 1. The van der Waals surface area contributed by atoms with E-state index in [0.29, 0.717) is 0 Å². The average Bonchev–Trinajstić information content (AvgIpc) is 2.55. The van der Waals surface area contributed by atoms with Crippen LogP contribution in [0.25, 0.3) is 6.08 Å². The lowest BCUT2D eigenvalue weighted by molar-refractivity contribution is -0.126. The van der Waals surface area contributed by atoms with E-state index < -0.39 is 0 Å². The van der Waals surface area contributed by atoms with Crippen molar-refractivity contribution in [1.29, 1.82) is 0 Å². The molecule has 114 valence electrons. The molecule has 1 aliphatic rings. The largest absolute Gasteiger partial charge is 0.496 e. The zero-order chi connectivity index (χ0) is 15.1. The number of nitrogens with one attached hydrogen (secondary N) is 1. The lowest BCUT2D eigenvalue weighted by atomic mass is 10.0. The van der Waals surface area contributed by atoms with Crippen molar-refractivity contribution in [1.82, 2.24) is 10.2 Å². The Morgan fingerprint density at radius 3 is 3.00 bits per heavy atom. The predicted octanol–water partition coefficient (Wildman–Crippen LogP) is 2.31. The van der Waals surface area contributed by atoms with E-state index in [9.17, 15) is 4.79 Å². The van der Waals surface area contributed by atoms with Gasteiger partial charge in [0.05, 0.1) is 13.2 Å². The van der Waals surface area contributed by atoms with E-state index in [0.717, 1.165) is 43.7 Å². The SMILES string of the molecule is CNC(=O)C1CCCCN1C/C=C/c1ccccc1OC. The van der Waals surface area contributed by atoms with Crippen LogP contribution in [0.15, 0.2) is 30.3 Å². The van der Waals surface area contributed by atoms with Crippen molar-refractivity contribution >= 4 is 12.0 Å². The molecular weight excluding hydrogens is 264 g/mol. The minimum Gasteiger partial charge on any atom is -0.496 e. The number of hydrogen-bond acceptors (Lipinski definition) is 3. The van der Waals surface area contributed by atoms with Gasteiger partial charge in [-0.15, -0.1) is 0 Å². The smallest absolute Gasteiger partial charge is 0.237 e. The Bertz CT molecular complexity index is 499. The van der Waals surface area contributed by atoms with Gasteiger partial charge < -0.3 is 10.1 Å². The van der Waals surface area contributed by atoms with Gasteiger partial charge in [0.15, 0.2) is 0 Å². The number of ether oxygens (including phenoxy) is 1. The second-order valence-electron chi connectivity index (χ2n) is 5.27. The van der Waals surface area contributed by atoms with Crippen LogP contribution < -0.4 is 10.1 Å². The maximum absolute atomic E-state index is 11.9. The minimum absolute atomic E-state index is 0.00562. The fourth-order valence-corrected chi connectivity index (χ4v) is 2.79. The molecule has 4 nitrogen and oxygen atoms in total. The maximum Gasteiger partial charge on any atom is 0.237 e. The number of carbonyl (C=O) groups excluding carboxylic acids is 1. The zero-order valence-electron chi connectivity index (χ0n) is 12.8. The Hall–Kier alpha value is -1.81. The van der Waals surface area contributed by atoms with Crippen molar-refractivity contribution in [2.75, 3.05) is 27.2 Å². The summed E-state index contributed by atoms with van der Waals surface area (Å²) >= 11 is 0. The van der Waals surface area contributed by atoms with Crippen molar-refractivity contribution < 1.29 is 9.53 Å². The zero-order valence-corrected chi connectivity index (χ0v) is 12.8. The molecule has 0 bridgehead atoms. The Labute approximate surface area is 126 Å². The summed E-state index contributed by atoms with van der Waals surface area (Å²) in [6.45, 7) is 1.77. The number of likely N-dealkylation sites (N-methyl/N-ethyl adjacent to an activating group) is 1. The fourth-order valence-electron chi connectivity index (χ4n) is 2.79. The minimum atomic E-state index is 0.00562. The summed E-state index contributed by atoms with van der Waals surface area (Å²) in [5, 5.41) is 2.77. The first kappa shape index (κ1) is 15.6. The number of nitrogens with zero attached hydrogens (tertiary/aromatic N) is 1. The molecule has 0 aromatic heterocycles. The predicted molar refractivity (Wildman–Crippen MR) is 85.3 cm³/mol. The summed E-state index contributed by atoms with van der Waals surface area (Å²) < 4.78 is 5.34. The van der Waals surface area contributed by atoms with Gasteiger partial charge in [0.25, 0.3) is 0 Å². The van der Waals surface area contributed by atoms with Gasteiger partial charge in [-0.2, -0.15) is 0 Å². The molecule has 0 saturated carbocycles. The Kier molecular flexibility index (Phi) is 5.81. The molecule has 1 fully saturated rings. The molecule has 0 aliphatic carbocycles. The number of amides is 1. The molecule has 21 heavy (non-hydrogen) atoms. The molecule has 1 saturated heterocycles. The van der Waals surface area contributed by atoms with Gasteiger partial charge in [0.2, 0.25) is 5.91 Å². The van der Waals surface area contributed by atoms with Crippen LogP contribution in [0.2, 0.25) is 0 Å². The van der Waals surface area contributed by atoms with Gasteiger partial charge in [0, 0.05) is 19.2 Å². The second-order valence-corrected chi connectivity index (χ2v) is 5.27. The van der Waals surface area contributed by atoms with Crippen molar-refractivity contribution in [3.05, 3.63) is 35.9 Å². The lowest BCUT2D eigenvalue weighted by Crippen LogP contribution is -2.48. The molecule has 1 aromatic rings. The summed E-state index contributed by atoms with van der Waals surface area (Å²) in [4.78, 5) is 14.2. The van der Waals surface area contributed by atoms with Crippen molar-refractivity contribution in [2.45, 2.75) is 25.3 Å². The first-order chi connectivity index (χ1) is 10.3. The van der Waals surface area contributed by atoms with E-state index in [1.807, 2.05) is 24.3 Å². The normalized spacial score (nSPS) is 19.6. The third kappa shape index (κ3) is 4.08. The van der Waals surface area contributed by atoms with Crippen LogP contribution in [-0.4, -0.2) is 44.1 Å². The molecule has 1 N–H and O–H groups in total. The molecule has 0 spiro atoms. The molecule has 1 unspecified atom stereocenters. The van der Waals surface area contributed by atoms with E-state index >= 15 is 0 Å². The number of para-hydroxylation sites is 1. The van der Waals surface area contributed by atoms with Gasteiger partial charge in [-0.25, -0.2) is 0 Å². The van der Waals surface area contributed by atoms with E-state index in [2.05, 4.69) is 22.4 Å². The van der Waals surface area contributed by atoms with Crippen molar-refractivity contribution in [3.8, 4) is 5.75 Å². The second kappa shape index (κ2) is 7.84. The molecule has 4 heteroatoms. The van der Waals surface area contributed by atoms with Crippen LogP contribution in [0.1, 0.15) is 24.8 Å². The third-order valence-electron chi connectivity index (χ3n) is 3.94. The lowest BCUT2D eigenvalue weighted by Gasteiger charge is -2.33. The molecule has 1 atom stereocenters. The molecule has 2 rings (SSSR count).